The second kappa shape index (κ2) is 15.3. The third-order valence-electron chi connectivity index (χ3n) is 10.00. The lowest BCUT2D eigenvalue weighted by Crippen LogP contribution is -2.55. The van der Waals surface area contributed by atoms with Crippen LogP contribution < -0.4 is 5.73 Å². The lowest BCUT2D eigenvalue weighted by atomic mass is 10.0. The quantitative estimate of drug-likeness (QED) is 0.0875. The van der Waals surface area contributed by atoms with Crippen LogP contribution in [0.4, 0.5) is 0 Å². The number of likely N-dealkylation sites (tertiary alicyclic amines) is 1. The number of nitrogens with two attached hydrogens (primary N) is 1. The van der Waals surface area contributed by atoms with E-state index in [0.717, 1.165) is 78.8 Å². The number of piperidine rings is 1. The largest absolute Gasteiger partial charge is 0.366 e. The first kappa shape index (κ1) is 35.5. The standard InChI is InChI=1S/C39H49N5O5Si/c1-50(2,3)23-22-49-26-43-35(45)20-19-33(39(43)48)42-25-32-27(13-11-14-30(32)38(42)47)12-9-7-5-4-6-8-10-21-44-34-24-29(37(40)46)17-18-31(34)36(41-44)28-15-16-28/h11,13-14,17-18,24,28,33H,4-8,10,15-16,19-23,25-26H2,1-3H3,(H2,40,46). The molecule has 0 bridgehead atoms. The minimum Gasteiger partial charge on any atom is -0.366 e. The molecule has 4 amide bonds. The van der Waals surface area contributed by atoms with Crippen LogP contribution in [0.2, 0.25) is 25.7 Å². The van der Waals surface area contributed by atoms with Gasteiger partial charge in [-0.1, -0.05) is 62.9 Å². The van der Waals surface area contributed by atoms with Gasteiger partial charge in [0.05, 0.1) is 11.2 Å². The maximum atomic E-state index is 13.5. The highest BCUT2D eigenvalue weighted by Gasteiger charge is 2.43. The minimum atomic E-state index is -1.30. The number of carbonyl (C=O) groups is 4. The molecule has 3 aliphatic rings. The van der Waals surface area contributed by atoms with Gasteiger partial charge in [0.15, 0.2) is 0 Å². The van der Waals surface area contributed by atoms with Gasteiger partial charge in [-0.25, -0.2) is 0 Å². The Morgan fingerprint density at radius 2 is 1.80 bits per heavy atom. The number of carbonyl (C=O) groups excluding carboxylic acids is 4. The molecule has 1 saturated carbocycles. The fraction of sp³-hybridized carbons (Fsp3) is 0.513. The number of fused-ring (bicyclic) bond motifs is 2. The molecular weight excluding hydrogens is 647 g/mol. The van der Waals surface area contributed by atoms with Crippen molar-refractivity contribution in [2.75, 3.05) is 13.3 Å². The van der Waals surface area contributed by atoms with Gasteiger partial charge in [-0.15, -0.1) is 0 Å². The summed E-state index contributed by atoms with van der Waals surface area (Å²) in [4.78, 5) is 54.0. The summed E-state index contributed by atoms with van der Waals surface area (Å²) < 4.78 is 7.78. The van der Waals surface area contributed by atoms with Gasteiger partial charge < -0.3 is 15.4 Å². The summed E-state index contributed by atoms with van der Waals surface area (Å²) in [5.41, 5.74) is 10.5. The lowest BCUT2D eigenvalue weighted by Gasteiger charge is -2.35. The molecule has 1 saturated heterocycles. The summed E-state index contributed by atoms with van der Waals surface area (Å²) in [5.74, 6) is 5.92. The van der Waals surface area contributed by atoms with Crippen LogP contribution in [-0.2, 0) is 27.4 Å². The van der Waals surface area contributed by atoms with Gasteiger partial charge in [-0.3, -0.25) is 28.8 Å². The van der Waals surface area contributed by atoms with Crippen molar-refractivity contribution in [1.82, 2.24) is 19.6 Å². The Labute approximate surface area is 295 Å². The molecule has 2 aliphatic heterocycles. The van der Waals surface area contributed by atoms with E-state index in [1.807, 2.05) is 24.3 Å². The minimum absolute atomic E-state index is 0.0632. The van der Waals surface area contributed by atoms with E-state index in [1.54, 1.807) is 17.0 Å². The number of hydrogen-bond donors (Lipinski definition) is 1. The Hall–Kier alpha value is -4.27. The van der Waals surface area contributed by atoms with E-state index in [0.29, 0.717) is 36.6 Å². The van der Waals surface area contributed by atoms with E-state index in [1.165, 1.54) is 17.7 Å². The van der Waals surface area contributed by atoms with Gasteiger partial charge in [0, 0.05) is 68.6 Å². The number of unbranched alkanes of at least 4 members (excludes halogenated alkanes) is 5. The van der Waals surface area contributed by atoms with Crippen LogP contribution in [0.5, 0.6) is 0 Å². The molecule has 0 radical (unpaired) electrons. The van der Waals surface area contributed by atoms with Gasteiger partial charge in [-0.2, -0.15) is 5.10 Å². The van der Waals surface area contributed by atoms with Crippen molar-refractivity contribution in [3.05, 3.63) is 64.3 Å². The van der Waals surface area contributed by atoms with Crippen molar-refractivity contribution >= 4 is 42.6 Å². The number of benzene rings is 2. The van der Waals surface area contributed by atoms with Crippen LogP contribution in [0.1, 0.15) is 108 Å². The predicted molar refractivity (Wildman–Crippen MR) is 195 cm³/mol. The normalized spacial score (nSPS) is 17.7. The molecule has 50 heavy (non-hydrogen) atoms. The summed E-state index contributed by atoms with van der Waals surface area (Å²) in [7, 11) is -1.30. The Kier molecular flexibility index (Phi) is 10.9. The monoisotopic (exact) mass is 695 g/mol. The Balaban J connectivity index is 0.967. The SMILES string of the molecule is C[Si](C)(C)CCOCN1C(=O)CCC(N2Cc3c(C#CCCCCCCCn4nc(C5CC5)c5ccc(C(N)=O)cc54)cccc3C2=O)C1=O. The maximum Gasteiger partial charge on any atom is 0.255 e. The first-order valence-electron chi connectivity index (χ1n) is 18.2. The molecule has 10 nitrogen and oxygen atoms in total. The summed E-state index contributed by atoms with van der Waals surface area (Å²) >= 11 is 0. The smallest absolute Gasteiger partial charge is 0.255 e. The number of primary amides is 1. The van der Waals surface area contributed by atoms with E-state index >= 15 is 0 Å². The fourth-order valence-corrected chi connectivity index (χ4v) is 7.60. The van der Waals surface area contributed by atoms with Crippen molar-refractivity contribution < 1.29 is 23.9 Å². The molecule has 6 rings (SSSR count). The van der Waals surface area contributed by atoms with Crippen LogP contribution in [0.15, 0.2) is 36.4 Å². The number of imide groups is 1. The average molecular weight is 696 g/mol. The zero-order valence-corrected chi connectivity index (χ0v) is 30.6. The van der Waals surface area contributed by atoms with Gasteiger partial charge >= 0.3 is 0 Å². The van der Waals surface area contributed by atoms with Crippen molar-refractivity contribution in [2.45, 2.75) is 115 Å². The van der Waals surface area contributed by atoms with Gasteiger partial charge in [-0.05, 0) is 68.0 Å². The van der Waals surface area contributed by atoms with Crippen LogP contribution in [0.25, 0.3) is 10.9 Å². The molecule has 2 aromatic carbocycles. The summed E-state index contributed by atoms with van der Waals surface area (Å²) in [6.45, 7) is 8.33. The highest BCUT2D eigenvalue weighted by Crippen LogP contribution is 2.42. The molecule has 1 atom stereocenters. The summed E-state index contributed by atoms with van der Waals surface area (Å²) in [6, 6.07) is 11.5. The molecule has 2 fully saturated rings. The molecule has 1 unspecified atom stereocenters. The predicted octanol–water partition coefficient (Wildman–Crippen LogP) is 6.19. The number of amides is 4. The zero-order chi connectivity index (χ0) is 35.4. The molecule has 11 heteroatoms. The second-order valence-corrected chi connectivity index (χ2v) is 20.7. The third kappa shape index (κ3) is 8.19. The zero-order valence-electron chi connectivity index (χ0n) is 29.6. The van der Waals surface area contributed by atoms with Crippen molar-refractivity contribution in [3.8, 4) is 11.8 Å². The molecule has 1 aromatic heterocycles. The van der Waals surface area contributed by atoms with E-state index in [2.05, 4.69) is 36.2 Å². The van der Waals surface area contributed by atoms with Gasteiger partial charge in [0.2, 0.25) is 11.8 Å². The van der Waals surface area contributed by atoms with Crippen molar-refractivity contribution in [2.24, 2.45) is 5.73 Å². The molecule has 2 N–H and O–H groups in total. The summed E-state index contributed by atoms with van der Waals surface area (Å²) in [6.07, 6.45) is 8.91. The summed E-state index contributed by atoms with van der Waals surface area (Å²) in [5, 5.41) is 6.05. The van der Waals surface area contributed by atoms with Crippen LogP contribution in [0, 0.1) is 11.8 Å². The Morgan fingerprint density at radius 3 is 2.56 bits per heavy atom. The highest BCUT2D eigenvalue weighted by molar-refractivity contribution is 6.76. The molecule has 0 spiro atoms. The van der Waals surface area contributed by atoms with Crippen LogP contribution in [-0.4, -0.2) is 70.7 Å². The van der Waals surface area contributed by atoms with Crippen LogP contribution >= 0.6 is 0 Å². The van der Waals surface area contributed by atoms with Crippen molar-refractivity contribution in [1.29, 1.82) is 0 Å². The number of hydrogen-bond acceptors (Lipinski definition) is 6. The number of rotatable bonds is 15. The van der Waals surface area contributed by atoms with E-state index in [9.17, 15) is 19.2 Å². The average Bonchev–Trinajstić information content (AvgIpc) is 3.78. The van der Waals surface area contributed by atoms with E-state index in [4.69, 9.17) is 15.6 Å². The first-order chi connectivity index (χ1) is 24.0. The lowest BCUT2D eigenvalue weighted by molar-refractivity contribution is -0.158. The Bertz CT molecular complexity index is 1850. The van der Waals surface area contributed by atoms with E-state index in [-0.39, 0.29) is 30.9 Å². The molecule has 264 valence electrons. The van der Waals surface area contributed by atoms with Crippen molar-refractivity contribution in [3.63, 3.8) is 0 Å². The third-order valence-corrected chi connectivity index (χ3v) is 11.7. The molecule has 3 aromatic rings. The number of ether oxygens (including phenoxy) is 1. The number of aryl methyl sites for hydroxylation is 1. The molecule has 1 aliphatic carbocycles. The second-order valence-electron chi connectivity index (χ2n) is 15.1. The number of aromatic nitrogens is 2. The fourth-order valence-electron chi connectivity index (χ4n) is 6.85. The van der Waals surface area contributed by atoms with E-state index < -0.39 is 20.0 Å². The molecular formula is C39H49N5O5Si. The van der Waals surface area contributed by atoms with Crippen LogP contribution in [0.3, 0.4) is 0 Å². The molecule has 3 heterocycles. The maximum absolute atomic E-state index is 13.5. The van der Waals surface area contributed by atoms with Gasteiger partial charge in [0.1, 0.15) is 12.8 Å². The highest BCUT2D eigenvalue weighted by atomic mass is 28.3. The van der Waals surface area contributed by atoms with Gasteiger partial charge in [0.25, 0.3) is 11.8 Å². The first-order valence-corrected chi connectivity index (χ1v) is 21.9. The number of nitrogens with zero attached hydrogens (tertiary/aromatic N) is 4. The topological polar surface area (TPSA) is 128 Å². The Morgan fingerprint density at radius 1 is 1.02 bits per heavy atom.